The smallest absolute Gasteiger partial charge is 0.279 e. The van der Waals surface area contributed by atoms with Gasteiger partial charge < -0.3 is 10.2 Å². The molecular formula is C21H22F2N4O. The minimum absolute atomic E-state index is 0.0570. The summed E-state index contributed by atoms with van der Waals surface area (Å²) in [5.74, 6) is -0.874. The van der Waals surface area contributed by atoms with Crippen molar-refractivity contribution >= 4 is 16.6 Å². The summed E-state index contributed by atoms with van der Waals surface area (Å²) in [4.78, 5) is 15.1. The zero-order valence-electron chi connectivity index (χ0n) is 15.7. The topological polar surface area (TPSA) is 50.2 Å². The van der Waals surface area contributed by atoms with Gasteiger partial charge in [-0.1, -0.05) is 24.6 Å². The number of anilines is 1. The van der Waals surface area contributed by atoms with Crippen molar-refractivity contribution in [1.82, 2.24) is 15.1 Å². The third-order valence-corrected chi connectivity index (χ3v) is 5.30. The summed E-state index contributed by atoms with van der Waals surface area (Å²) in [7, 11) is 1.94. The summed E-state index contributed by atoms with van der Waals surface area (Å²) >= 11 is 0. The predicted molar refractivity (Wildman–Crippen MR) is 106 cm³/mol. The second-order valence-electron chi connectivity index (χ2n) is 7.11. The van der Waals surface area contributed by atoms with Gasteiger partial charge in [-0.3, -0.25) is 4.79 Å². The van der Waals surface area contributed by atoms with E-state index in [1.54, 1.807) is 12.1 Å². The number of fused-ring (bicyclic) bond motifs is 1. The first-order valence-electron chi connectivity index (χ1n) is 9.48. The summed E-state index contributed by atoms with van der Waals surface area (Å²) in [5, 5.41) is 9.06. The van der Waals surface area contributed by atoms with Gasteiger partial charge in [0.15, 0.2) is 11.6 Å². The molecule has 0 spiro atoms. The molecule has 0 radical (unpaired) electrons. The Balaban J connectivity index is 1.93. The minimum Gasteiger partial charge on any atom is -0.353 e. The molecule has 5 nitrogen and oxygen atoms in total. The van der Waals surface area contributed by atoms with Crippen molar-refractivity contribution in [2.75, 3.05) is 25.0 Å². The van der Waals surface area contributed by atoms with Crippen LogP contribution < -0.4 is 15.8 Å². The highest BCUT2D eigenvalue weighted by atomic mass is 19.1. The lowest BCUT2D eigenvalue weighted by atomic mass is 10.1. The van der Waals surface area contributed by atoms with E-state index in [0.29, 0.717) is 17.2 Å². The molecule has 1 atom stereocenters. The monoisotopic (exact) mass is 384 g/mol. The molecule has 28 heavy (non-hydrogen) atoms. The number of likely N-dealkylation sites (N-methyl/N-ethyl adjacent to an activating group) is 1. The minimum atomic E-state index is -0.820. The van der Waals surface area contributed by atoms with E-state index < -0.39 is 17.2 Å². The molecule has 1 unspecified atom stereocenters. The van der Waals surface area contributed by atoms with E-state index in [0.717, 1.165) is 54.6 Å². The number of nitrogens with zero attached hydrogens (tertiary/aromatic N) is 3. The molecule has 1 aromatic heterocycles. The normalized spacial score (nSPS) is 17.7. The summed E-state index contributed by atoms with van der Waals surface area (Å²) in [6.07, 6.45) is 3.18. The fraction of sp³-hybridized carbons (Fsp3) is 0.333. The maximum Gasteiger partial charge on any atom is 0.279 e. The van der Waals surface area contributed by atoms with Gasteiger partial charge >= 0.3 is 0 Å². The number of benzene rings is 2. The SMILES string of the molecule is CNC1CCCCN(c2nn(-c3ccc(F)cc3F)c(=O)c3ccccc23)C1. The zero-order chi connectivity index (χ0) is 19.7. The van der Waals surface area contributed by atoms with Crippen molar-refractivity contribution in [3.05, 3.63) is 64.5 Å². The highest BCUT2D eigenvalue weighted by molar-refractivity contribution is 5.91. The van der Waals surface area contributed by atoms with Crippen molar-refractivity contribution < 1.29 is 8.78 Å². The van der Waals surface area contributed by atoms with Crippen LogP contribution in [0.15, 0.2) is 47.3 Å². The number of aromatic nitrogens is 2. The van der Waals surface area contributed by atoms with Gasteiger partial charge in [0.1, 0.15) is 11.5 Å². The predicted octanol–water partition coefficient (Wildman–Crippen LogP) is 3.24. The number of hydrogen-bond acceptors (Lipinski definition) is 4. The molecule has 2 heterocycles. The number of rotatable bonds is 3. The lowest BCUT2D eigenvalue weighted by Gasteiger charge is -2.27. The fourth-order valence-electron chi connectivity index (χ4n) is 3.79. The maximum absolute atomic E-state index is 14.4. The summed E-state index contributed by atoms with van der Waals surface area (Å²) < 4.78 is 28.8. The van der Waals surface area contributed by atoms with Crippen LogP contribution in [0.4, 0.5) is 14.6 Å². The second kappa shape index (κ2) is 7.67. The Bertz CT molecular complexity index is 1070. The van der Waals surface area contributed by atoms with Crippen molar-refractivity contribution in [2.24, 2.45) is 0 Å². The van der Waals surface area contributed by atoms with Gasteiger partial charge in [-0.2, -0.15) is 4.68 Å². The second-order valence-corrected chi connectivity index (χ2v) is 7.11. The molecule has 0 aliphatic carbocycles. The molecule has 4 rings (SSSR count). The van der Waals surface area contributed by atoms with Crippen LogP contribution in [0.5, 0.6) is 0 Å². The Morgan fingerprint density at radius 2 is 1.89 bits per heavy atom. The molecule has 1 N–H and O–H groups in total. The van der Waals surface area contributed by atoms with Crippen LogP contribution in [0, 0.1) is 11.6 Å². The summed E-state index contributed by atoms with van der Waals surface area (Å²) in [6, 6.07) is 10.7. The van der Waals surface area contributed by atoms with Gasteiger partial charge in [-0.15, -0.1) is 5.10 Å². The molecule has 2 aromatic carbocycles. The highest BCUT2D eigenvalue weighted by Crippen LogP contribution is 2.26. The lowest BCUT2D eigenvalue weighted by molar-refractivity contribution is 0.530. The molecular weight excluding hydrogens is 362 g/mol. The third-order valence-electron chi connectivity index (χ3n) is 5.30. The van der Waals surface area contributed by atoms with Gasteiger partial charge in [0.05, 0.1) is 5.39 Å². The van der Waals surface area contributed by atoms with E-state index in [4.69, 9.17) is 0 Å². The number of hydrogen-bond donors (Lipinski definition) is 1. The fourth-order valence-corrected chi connectivity index (χ4v) is 3.79. The zero-order valence-corrected chi connectivity index (χ0v) is 15.7. The van der Waals surface area contributed by atoms with Gasteiger partial charge in [-0.05, 0) is 38.1 Å². The van der Waals surface area contributed by atoms with E-state index in [9.17, 15) is 13.6 Å². The number of halogens is 2. The van der Waals surface area contributed by atoms with Crippen LogP contribution >= 0.6 is 0 Å². The van der Waals surface area contributed by atoms with Gasteiger partial charge in [0.2, 0.25) is 0 Å². The van der Waals surface area contributed by atoms with E-state index >= 15 is 0 Å². The standard InChI is InChI=1S/C21H22F2N4O/c1-24-15-6-4-5-11-26(13-15)20-16-7-2-3-8-17(16)21(28)27(25-20)19-10-9-14(22)12-18(19)23/h2-3,7-10,12,15,24H,4-6,11,13H2,1H3. The van der Waals surface area contributed by atoms with Crippen molar-refractivity contribution in [1.29, 1.82) is 0 Å². The van der Waals surface area contributed by atoms with Crippen LogP contribution in [0.2, 0.25) is 0 Å². The van der Waals surface area contributed by atoms with Gasteiger partial charge in [0.25, 0.3) is 5.56 Å². The molecule has 0 bridgehead atoms. The van der Waals surface area contributed by atoms with E-state index in [2.05, 4.69) is 15.3 Å². The van der Waals surface area contributed by atoms with Crippen molar-refractivity contribution in [3.63, 3.8) is 0 Å². The van der Waals surface area contributed by atoms with E-state index in [1.165, 1.54) is 6.07 Å². The van der Waals surface area contributed by atoms with Crippen LogP contribution in [0.1, 0.15) is 19.3 Å². The molecule has 0 amide bonds. The van der Waals surface area contributed by atoms with Crippen LogP contribution in [0.3, 0.4) is 0 Å². The van der Waals surface area contributed by atoms with E-state index in [1.807, 2.05) is 19.2 Å². The molecule has 1 aliphatic heterocycles. The average molecular weight is 384 g/mol. The van der Waals surface area contributed by atoms with Crippen molar-refractivity contribution in [3.8, 4) is 5.69 Å². The Labute approximate surface area is 161 Å². The molecule has 1 fully saturated rings. The third kappa shape index (κ3) is 3.38. The Kier molecular flexibility index (Phi) is 5.09. The quantitative estimate of drug-likeness (QED) is 0.753. The molecule has 3 aromatic rings. The average Bonchev–Trinajstić information content (AvgIpc) is 2.95. The van der Waals surface area contributed by atoms with Gasteiger partial charge in [-0.25, -0.2) is 8.78 Å². The largest absolute Gasteiger partial charge is 0.353 e. The van der Waals surface area contributed by atoms with Crippen LogP contribution in [0.25, 0.3) is 16.5 Å². The van der Waals surface area contributed by atoms with Crippen molar-refractivity contribution in [2.45, 2.75) is 25.3 Å². The summed E-state index contributed by atoms with van der Waals surface area (Å²) in [6.45, 7) is 1.55. The molecule has 0 saturated carbocycles. The van der Waals surface area contributed by atoms with Crippen LogP contribution in [-0.2, 0) is 0 Å². The van der Waals surface area contributed by atoms with Crippen LogP contribution in [-0.4, -0.2) is 36.0 Å². The molecule has 146 valence electrons. The first-order chi connectivity index (χ1) is 13.6. The lowest BCUT2D eigenvalue weighted by Crippen LogP contribution is -2.39. The Hall–Kier alpha value is -2.80. The first-order valence-corrected chi connectivity index (χ1v) is 9.48. The Morgan fingerprint density at radius 1 is 1.11 bits per heavy atom. The summed E-state index contributed by atoms with van der Waals surface area (Å²) in [5.41, 5.74) is -0.483. The van der Waals surface area contributed by atoms with E-state index in [-0.39, 0.29) is 5.69 Å². The van der Waals surface area contributed by atoms with Gasteiger partial charge in [0, 0.05) is 30.6 Å². The maximum atomic E-state index is 14.4. The first kappa shape index (κ1) is 18.6. The Morgan fingerprint density at radius 3 is 2.64 bits per heavy atom. The molecule has 7 heteroatoms. The molecule has 1 saturated heterocycles. The molecule has 1 aliphatic rings. The number of nitrogens with one attached hydrogen (secondary N) is 1. The highest BCUT2D eigenvalue weighted by Gasteiger charge is 2.22.